The first kappa shape index (κ1) is 27.1. The molecule has 0 spiro atoms. The van der Waals surface area contributed by atoms with Crippen molar-refractivity contribution < 1.29 is 41.7 Å². The largest absolute Gasteiger partial charge is 0.486 e. The number of ketones is 1. The summed E-state index contributed by atoms with van der Waals surface area (Å²) >= 11 is 5.64. The predicted molar refractivity (Wildman–Crippen MR) is 124 cm³/mol. The van der Waals surface area contributed by atoms with Gasteiger partial charge in [-0.3, -0.25) is 9.59 Å². The number of ether oxygens (including phenoxy) is 2. The summed E-state index contributed by atoms with van der Waals surface area (Å²) in [6, 6.07) is 5.76. The third-order valence-corrected chi connectivity index (χ3v) is 7.42. The van der Waals surface area contributed by atoms with Gasteiger partial charge in [-0.25, -0.2) is 9.37 Å². The summed E-state index contributed by atoms with van der Waals surface area (Å²) < 4.78 is 62.0. The Morgan fingerprint density at radius 1 is 1.08 bits per heavy atom. The number of halogens is 5. The van der Waals surface area contributed by atoms with Gasteiger partial charge in [0, 0.05) is 12.5 Å². The maximum absolute atomic E-state index is 13.6. The number of alkyl halides is 3. The van der Waals surface area contributed by atoms with E-state index in [2.05, 4.69) is 10.3 Å². The molecule has 3 aliphatic rings. The second-order valence-electron chi connectivity index (χ2n) is 9.67. The van der Waals surface area contributed by atoms with Crippen LogP contribution in [0.1, 0.15) is 44.2 Å². The number of aliphatic hydroxyl groups excluding tert-OH is 1. The van der Waals surface area contributed by atoms with E-state index >= 15 is 0 Å². The molecule has 0 radical (unpaired) electrons. The summed E-state index contributed by atoms with van der Waals surface area (Å²) in [5.74, 6) is -1.15. The standard InChI is InChI=1S/C25H25ClF4N2O5/c26-18-3-1-16(9-19(18)27)36-13-15(33)10-23-5-7-24(8-6-23,21(34)11-23)32-22(35)14-37-17-2-4-20(31-12-17)25(28,29)30/h1-4,9,12,21,34H,5-8,10-11,13-14H2,(H,32,35). The number of rotatable bonds is 9. The van der Waals surface area contributed by atoms with E-state index in [0.29, 0.717) is 32.1 Å². The lowest BCUT2D eigenvalue weighted by atomic mass is 9.54. The summed E-state index contributed by atoms with van der Waals surface area (Å²) in [5.41, 5.74) is -2.34. The molecule has 37 heavy (non-hydrogen) atoms. The summed E-state index contributed by atoms with van der Waals surface area (Å²) in [5, 5.41) is 13.7. The molecule has 1 heterocycles. The molecule has 1 atom stereocenters. The third kappa shape index (κ3) is 6.32. The molecule has 1 aromatic heterocycles. The summed E-state index contributed by atoms with van der Waals surface area (Å²) in [6.45, 7) is -0.690. The quantitative estimate of drug-likeness (QED) is 0.452. The van der Waals surface area contributed by atoms with E-state index in [1.807, 2.05) is 0 Å². The van der Waals surface area contributed by atoms with E-state index in [1.54, 1.807) is 0 Å². The van der Waals surface area contributed by atoms with Gasteiger partial charge in [-0.2, -0.15) is 13.2 Å². The van der Waals surface area contributed by atoms with Crippen molar-refractivity contribution in [2.75, 3.05) is 13.2 Å². The first-order chi connectivity index (χ1) is 17.4. The van der Waals surface area contributed by atoms with Crippen molar-refractivity contribution in [2.45, 2.75) is 56.3 Å². The molecule has 7 nitrogen and oxygen atoms in total. The number of hydrogen-bond donors (Lipinski definition) is 2. The van der Waals surface area contributed by atoms with Crippen LogP contribution in [0.3, 0.4) is 0 Å². The van der Waals surface area contributed by atoms with Crippen molar-refractivity contribution in [1.29, 1.82) is 0 Å². The van der Waals surface area contributed by atoms with Gasteiger partial charge in [-0.1, -0.05) is 11.6 Å². The fraction of sp³-hybridized carbons (Fsp3) is 0.480. The van der Waals surface area contributed by atoms with Gasteiger partial charge in [-0.15, -0.1) is 0 Å². The molecule has 3 aliphatic carbocycles. The van der Waals surface area contributed by atoms with Crippen LogP contribution in [0.4, 0.5) is 17.6 Å². The van der Waals surface area contributed by atoms with Crippen molar-refractivity contribution in [3.8, 4) is 11.5 Å². The number of Topliss-reactive ketones (excluding diaryl/α,β-unsaturated/α-hetero) is 1. The number of aliphatic hydroxyl groups is 1. The number of nitrogens with zero attached hydrogens (tertiary/aromatic N) is 1. The van der Waals surface area contributed by atoms with Gasteiger partial charge in [0.15, 0.2) is 12.4 Å². The van der Waals surface area contributed by atoms with Crippen LogP contribution < -0.4 is 14.8 Å². The van der Waals surface area contributed by atoms with E-state index < -0.39 is 47.3 Å². The van der Waals surface area contributed by atoms with E-state index in [-0.39, 0.29) is 35.3 Å². The third-order valence-electron chi connectivity index (χ3n) is 7.12. The minimum Gasteiger partial charge on any atom is -0.486 e. The number of hydrogen-bond acceptors (Lipinski definition) is 6. The highest BCUT2D eigenvalue weighted by atomic mass is 35.5. The Bertz CT molecular complexity index is 1150. The van der Waals surface area contributed by atoms with Gasteiger partial charge >= 0.3 is 6.18 Å². The molecule has 3 fully saturated rings. The Balaban J connectivity index is 1.26. The minimum absolute atomic E-state index is 0.00886. The fourth-order valence-corrected chi connectivity index (χ4v) is 5.24. The molecule has 5 rings (SSSR count). The normalized spacial score (nSPS) is 25.0. The Hall–Kier alpha value is -2.92. The molecule has 2 bridgehead atoms. The van der Waals surface area contributed by atoms with Gasteiger partial charge in [0.1, 0.15) is 29.6 Å². The van der Waals surface area contributed by atoms with E-state index in [0.717, 1.165) is 24.4 Å². The number of fused-ring (bicyclic) bond motifs is 3. The lowest BCUT2D eigenvalue weighted by Gasteiger charge is -2.56. The highest BCUT2D eigenvalue weighted by Crippen LogP contribution is 2.54. The Kier molecular flexibility index (Phi) is 7.66. The number of carbonyl (C=O) groups is 2. The minimum atomic E-state index is -4.57. The monoisotopic (exact) mass is 544 g/mol. The van der Waals surface area contributed by atoms with Crippen LogP contribution in [0.5, 0.6) is 11.5 Å². The molecule has 12 heteroatoms. The van der Waals surface area contributed by atoms with Crippen molar-refractivity contribution in [3.05, 3.63) is 53.1 Å². The van der Waals surface area contributed by atoms with Crippen molar-refractivity contribution in [2.24, 2.45) is 5.41 Å². The maximum atomic E-state index is 13.6. The molecule has 2 aromatic rings. The molecule has 1 unspecified atom stereocenters. The molecule has 2 N–H and O–H groups in total. The van der Waals surface area contributed by atoms with Crippen molar-refractivity contribution in [1.82, 2.24) is 10.3 Å². The number of pyridine rings is 1. The lowest BCUT2D eigenvalue weighted by molar-refractivity contribution is -0.141. The van der Waals surface area contributed by atoms with Crippen molar-refractivity contribution in [3.63, 3.8) is 0 Å². The predicted octanol–water partition coefficient (Wildman–Crippen LogP) is 4.49. The molecule has 0 saturated heterocycles. The molecule has 0 aliphatic heterocycles. The van der Waals surface area contributed by atoms with Crippen LogP contribution in [0.25, 0.3) is 0 Å². The fourth-order valence-electron chi connectivity index (χ4n) is 5.12. The first-order valence-electron chi connectivity index (χ1n) is 11.6. The van der Waals surface area contributed by atoms with Gasteiger partial charge in [-0.05, 0) is 61.8 Å². The van der Waals surface area contributed by atoms with E-state index in [9.17, 15) is 32.3 Å². The highest BCUT2D eigenvalue weighted by Gasteiger charge is 2.55. The van der Waals surface area contributed by atoms with Gasteiger partial charge in [0.25, 0.3) is 5.91 Å². The van der Waals surface area contributed by atoms with Crippen LogP contribution in [-0.2, 0) is 15.8 Å². The number of nitrogens with one attached hydrogen (secondary N) is 1. The summed E-state index contributed by atoms with van der Waals surface area (Å²) in [6.07, 6.45) is -1.93. The number of carbonyl (C=O) groups excluding carboxylic acids is 2. The highest BCUT2D eigenvalue weighted by molar-refractivity contribution is 6.30. The summed E-state index contributed by atoms with van der Waals surface area (Å²) in [7, 11) is 0. The van der Waals surface area contributed by atoms with Crippen LogP contribution in [-0.4, -0.2) is 46.6 Å². The Morgan fingerprint density at radius 3 is 2.35 bits per heavy atom. The van der Waals surface area contributed by atoms with E-state index in [1.165, 1.54) is 12.1 Å². The molecule has 200 valence electrons. The molecule has 3 saturated carbocycles. The number of aromatic nitrogens is 1. The van der Waals surface area contributed by atoms with Gasteiger partial charge in [0.2, 0.25) is 0 Å². The first-order valence-corrected chi connectivity index (χ1v) is 12.0. The second kappa shape index (κ2) is 10.4. The zero-order valence-electron chi connectivity index (χ0n) is 19.6. The Morgan fingerprint density at radius 2 is 1.76 bits per heavy atom. The lowest BCUT2D eigenvalue weighted by Crippen LogP contribution is -2.65. The van der Waals surface area contributed by atoms with E-state index in [4.69, 9.17) is 21.1 Å². The molecule has 1 aromatic carbocycles. The average molecular weight is 545 g/mol. The van der Waals surface area contributed by atoms with Crippen LogP contribution >= 0.6 is 11.6 Å². The molecule has 1 amide bonds. The van der Waals surface area contributed by atoms with Gasteiger partial charge < -0.3 is 19.9 Å². The zero-order valence-corrected chi connectivity index (χ0v) is 20.4. The zero-order chi connectivity index (χ0) is 26.8. The molecular weight excluding hydrogens is 520 g/mol. The van der Waals surface area contributed by atoms with Crippen LogP contribution in [0.2, 0.25) is 5.02 Å². The van der Waals surface area contributed by atoms with Crippen LogP contribution in [0.15, 0.2) is 36.5 Å². The molecular formula is C25H25ClF4N2O5. The van der Waals surface area contributed by atoms with Crippen molar-refractivity contribution >= 4 is 23.3 Å². The average Bonchev–Trinajstić information content (AvgIpc) is 2.84. The Labute approximate surface area is 215 Å². The second-order valence-corrected chi connectivity index (χ2v) is 10.1. The number of benzene rings is 1. The van der Waals surface area contributed by atoms with Crippen LogP contribution in [0, 0.1) is 11.2 Å². The topological polar surface area (TPSA) is 97.8 Å². The van der Waals surface area contributed by atoms with Gasteiger partial charge in [0.05, 0.1) is 22.9 Å². The maximum Gasteiger partial charge on any atom is 0.433 e. The summed E-state index contributed by atoms with van der Waals surface area (Å²) in [4.78, 5) is 28.4. The number of amides is 1. The smallest absolute Gasteiger partial charge is 0.433 e. The SMILES string of the molecule is O=C(COc1ccc(Cl)c(F)c1)CC12CCC(NC(=O)COc3ccc(C(F)(F)F)nc3)(CC1)C(O)C2.